The van der Waals surface area contributed by atoms with Crippen molar-refractivity contribution < 1.29 is 9.84 Å². The summed E-state index contributed by atoms with van der Waals surface area (Å²) in [4.78, 5) is 6.40. The van der Waals surface area contributed by atoms with Crippen molar-refractivity contribution in [2.24, 2.45) is 0 Å². The fourth-order valence-electron chi connectivity index (χ4n) is 3.48. The predicted molar refractivity (Wildman–Crippen MR) is 84.7 cm³/mol. The Morgan fingerprint density at radius 2 is 1.82 bits per heavy atom. The van der Waals surface area contributed by atoms with Crippen LogP contribution in [0.25, 0.3) is 11.1 Å². The van der Waals surface area contributed by atoms with Gasteiger partial charge in [0.1, 0.15) is 18.5 Å². The van der Waals surface area contributed by atoms with Gasteiger partial charge in [0.05, 0.1) is 6.04 Å². The lowest BCUT2D eigenvalue weighted by atomic mass is 9.95. The summed E-state index contributed by atoms with van der Waals surface area (Å²) in [7, 11) is 0. The lowest BCUT2D eigenvalue weighted by molar-refractivity contribution is 0.0140. The first-order chi connectivity index (χ1) is 10.8. The summed E-state index contributed by atoms with van der Waals surface area (Å²) in [5.74, 6) is 0.803. The van der Waals surface area contributed by atoms with Gasteiger partial charge >= 0.3 is 0 Å². The number of pyridine rings is 1. The zero-order chi connectivity index (χ0) is 14.9. The summed E-state index contributed by atoms with van der Waals surface area (Å²) < 4.78 is 5.96. The summed E-state index contributed by atoms with van der Waals surface area (Å²) in [6.45, 7) is 2.69. The van der Waals surface area contributed by atoms with Gasteiger partial charge in [0, 0.05) is 18.0 Å². The number of hydrogen-bond acceptors (Lipinski definition) is 4. The second-order valence-electron chi connectivity index (χ2n) is 6.05. The van der Waals surface area contributed by atoms with Crippen LogP contribution >= 0.6 is 0 Å². The van der Waals surface area contributed by atoms with Gasteiger partial charge in [0.25, 0.3) is 0 Å². The van der Waals surface area contributed by atoms with Gasteiger partial charge in [-0.2, -0.15) is 0 Å². The first-order valence-corrected chi connectivity index (χ1v) is 7.92. The van der Waals surface area contributed by atoms with Gasteiger partial charge in [-0.05, 0) is 55.3 Å². The molecule has 2 unspecified atom stereocenters. The van der Waals surface area contributed by atoms with Crippen molar-refractivity contribution in [3.63, 3.8) is 0 Å². The van der Waals surface area contributed by atoms with Crippen LogP contribution in [-0.2, 0) is 0 Å². The minimum absolute atomic E-state index is 0.0850. The Morgan fingerprint density at radius 1 is 1.05 bits per heavy atom. The molecule has 3 heterocycles. The van der Waals surface area contributed by atoms with Crippen molar-refractivity contribution >= 4 is 0 Å². The zero-order valence-electron chi connectivity index (χ0n) is 12.5. The Labute approximate surface area is 130 Å². The van der Waals surface area contributed by atoms with Gasteiger partial charge in [-0.3, -0.25) is 9.88 Å². The van der Waals surface area contributed by atoms with E-state index in [2.05, 4.69) is 9.88 Å². The lowest BCUT2D eigenvalue weighted by Gasteiger charge is -2.36. The molecular weight excluding hydrogens is 276 g/mol. The van der Waals surface area contributed by atoms with Crippen LogP contribution in [0.1, 0.15) is 24.5 Å². The Kier molecular flexibility index (Phi) is 3.56. The molecule has 2 atom stereocenters. The van der Waals surface area contributed by atoms with Crippen LogP contribution in [-0.4, -0.2) is 40.7 Å². The minimum atomic E-state index is -0.464. The number of rotatable bonds is 2. The highest BCUT2D eigenvalue weighted by molar-refractivity contribution is 5.66. The summed E-state index contributed by atoms with van der Waals surface area (Å²) in [6.07, 6.45) is 5.55. The number of nitrogens with zero attached hydrogens (tertiary/aromatic N) is 2. The Hall–Kier alpha value is -1.91. The van der Waals surface area contributed by atoms with E-state index in [-0.39, 0.29) is 6.04 Å². The van der Waals surface area contributed by atoms with E-state index in [0.29, 0.717) is 6.61 Å². The van der Waals surface area contributed by atoms with Crippen LogP contribution in [0.15, 0.2) is 42.7 Å². The highest BCUT2D eigenvalue weighted by atomic mass is 16.5. The van der Waals surface area contributed by atoms with Gasteiger partial charge in [0.15, 0.2) is 0 Å². The lowest BCUT2D eigenvalue weighted by Crippen LogP contribution is -2.44. The average molecular weight is 296 g/mol. The number of aliphatic hydroxyl groups is 1. The molecule has 0 bridgehead atoms. The van der Waals surface area contributed by atoms with E-state index >= 15 is 0 Å². The van der Waals surface area contributed by atoms with Crippen LogP contribution in [0.3, 0.4) is 0 Å². The van der Waals surface area contributed by atoms with Crippen LogP contribution in [0, 0.1) is 0 Å². The maximum atomic E-state index is 10.7. The third kappa shape index (κ3) is 2.38. The Bertz CT molecular complexity index is 653. The maximum absolute atomic E-state index is 10.7. The van der Waals surface area contributed by atoms with E-state index < -0.39 is 6.10 Å². The molecule has 0 saturated carbocycles. The highest BCUT2D eigenvalue weighted by Gasteiger charge is 2.34. The monoisotopic (exact) mass is 296 g/mol. The molecule has 2 aliphatic rings. The molecule has 22 heavy (non-hydrogen) atoms. The summed E-state index contributed by atoms with van der Waals surface area (Å²) in [6, 6.07) is 10.1. The molecule has 2 aliphatic heterocycles. The van der Waals surface area contributed by atoms with Crippen molar-refractivity contribution in [3.05, 3.63) is 48.3 Å². The van der Waals surface area contributed by atoms with Crippen LogP contribution < -0.4 is 4.74 Å². The SMILES string of the molecule is OC1c2ccc(-c3ccncc3)cc2OCC1N1CCCC1. The van der Waals surface area contributed by atoms with E-state index in [4.69, 9.17) is 4.74 Å². The molecule has 1 aromatic heterocycles. The number of ether oxygens (including phenoxy) is 1. The third-order valence-electron chi connectivity index (χ3n) is 4.73. The number of benzene rings is 1. The molecule has 4 rings (SSSR count). The van der Waals surface area contributed by atoms with Crippen molar-refractivity contribution in [1.29, 1.82) is 0 Å². The Morgan fingerprint density at radius 3 is 2.59 bits per heavy atom. The molecule has 114 valence electrons. The van der Waals surface area contributed by atoms with Gasteiger partial charge in [-0.25, -0.2) is 0 Å². The number of aromatic nitrogens is 1. The number of likely N-dealkylation sites (tertiary alicyclic amines) is 1. The molecule has 1 aromatic carbocycles. The van der Waals surface area contributed by atoms with E-state index in [1.165, 1.54) is 12.8 Å². The second-order valence-corrected chi connectivity index (χ2v) is 6.05. The molecule has 0 radical (unpaired) electrons. The van der Waals surface area contributed by atoms with Crippen LogP contribution in [0.5, 0.6) is 5.75 Å². The zero-order valence-corrected chi connectivity index (χ0v) is 12.5. The number of aliphatic hydroxyl groups excluding tert-OH is 1. The van der Waals surface area contributed by atoms with Crippen molar-refractivity contribution in [2.75, 3.05) is 19.7 Å². The molecule has 1 saturated heterocycles. The molecule has 1 fully saturated rings. The Balaban J connectivity index is 1.63. The highest BCUT2D eigenvalue weighted by Crippen LogP contribution is 2.37. The topological polar surface area (TPSA) is 45.6 Å². The number of hydrogen-bond donors (Lipinski definition) is 1. The maximum Gasteiger partial charge on any atom is 0.125 e. The van der Waals surface area contributed by atoms with E-state index in [1.807, 2.05) is 30.3 Å². The standard InChI is InChI=1S/C18H20N2O2/c21-18-15-4-3-14(13-5-7-19-8-6-13)11-17(15)22-12-16(18)20-9-1-2-10-20/h3-8,11,16,18,21H,1-2,9-10,12H2. The van der Waals surface area contributed by atoms with E-state index in [1.54, 1.807) is 12.4 Å². The predicted octanol–water partition coefficient (Wildman–Crippen LogP) is 2.64. The van der Waals surface area contributed by atoms with Crippen molar-refractivity contribution in [2.45, 2.75) is 25.0 Å². The van der Waals surface area contributed by atoms with Crippen LogP contribution in [0.4, 0.5) is 0 Å². The quantitative estimate of drug-likeness (QED) is 0.925. The van der Waals surface area contributed by atoms with E-state index in [0.717, 1.165) is 35.5 Å². The minimum Gasteiger partial charge on any atom is -0.491 e. The first kappa shape index (κ1) is 13.7. The van der Waals surface area contributed by atoms with Crippen molar-refractivity contribution in [1.82, 2.24) is 9.88 Å². The van der Waals surface area contributed by atoms with Crippen LogP contribution in [0.2, 0.25) is 0 Å². The number of fused-ring (bicyclic) bond motifs is 1. The van der Waals surface area contributed by atoms with Crippen molar-refractivity contribution in [3.8, 4) is 16.9 Å². The molecule has 2 aromatic rings. The van der Waals surface area contributed by atoms with E-state index in [9.17, 15) is 5.11 Å². The summed E-state index contributed by atoms with van der Waals surface area (Å²) in [5, 5.41) is 10.7. The smallest absolute Gasteiger partial charge is 0.125 e. The normalized spacial score (nSPS) is 24.8. The fraction of sp³-hybridized carbons (Fsp3) is 0.389. The summed E-state index contributed by atoms with van der Waals surface area (Å²) in [5.41, 5.74) is 3.10. The first-order valence-electron chi connectivity index (χ1n) is 7.92. The fourth-order valence-corrected chi connectivity index (χ4v) is 3.48. The molecule has 0 amide bonds. The molecule has 0 aliphatic carbocycles. The van der Waals surface area contributed by atoms with Gasteiger partial charge in [0.2, 0.25) is 0 Å². The second kappa shape index (κ2) is 5.71. The van der Waals surface area contributed by atoms with Gasteiger partial charge < -0.3 is 9.84 Å². The molecule has 4 nitrogen and oxygen atoms in total. The summed E-state index contributed by atoms with van der Waals surface area (Å²) >= 11 is 0. The molecule has 1 N–H and O–H groups in total. The third-order valence-corrected chi connectivity index (χ3v) is 4.73. The largest absolute Gasteiger partial charge is 0.491 e. The molecule has 0 spiro atoms. The van der Waals surface area contributed by atoms with Gasteiger partial charge in [-0.15, -0.1) is 0 Å². The molecule has 4 heteroatoms. The average Bonchev–Trinajstić information content (AvgIpc) is 3.10. The van der Waals surface area contributed by atoms with Gasteiger partial charge in [-0.1, -0.05) is 12.1 Å². The molecular formula is C18H20N2O2.